The van der Waals surface area contributed by atoms with Crippen molar-refractivity contribution in [1.82, 2.24) is 4.31 Å². The predicted molar refractivity (Wildman–Crippen MR) is 81.7 cm³/mol. The van der Waals surface area contributed by atoms with Gasteiger partial charge in [0.15, 0.2) is 0 Å². The Morgan fingerprint density at radius 3 is 2.57 bits per heavy atom. The summed E-state index contributed by atoms with van der Waals surface area (Å²) in [4.78, 5) is 0.0204. The van der Waals surface area contributed by atoms with Crippen LogP contribution < -0.4 is 5.73 Å². The van der Waals surface area contributed by atoms with Crippen LogP contribution in [0.25, 0.3) is 0 Å². The Labute approximate surface area is 126 Å². The van der Waals surface area contributed by atoms with Gasteiger partial charge in [0.1, 0.15) is 5.82 Å². The van der Waals surface area contributed by atoms with E-state index in [2.05, 4.69) is 11.8 Å². The molecule has 0 heterocycles. The zero-order valence-electron chi connectivity index (χ0n) is 12.6. The van der Waals surface area contributed by atoms with Crippen LogP contribution in [0.3, 0.4) is 0 Å². The first kappa shape index (κ1) is 17.6. The first-order chi connectivity index (χ1) is 9.88. The number of nitrogens with zero attached hydrogens (tertiary/aromatic N) is 1. The van der Waals surface area contributed by atoms with Crippen molar-refractivity contribution in [2.75, 3.05) is 13.1 Å². The van der Waals surface area contributed by atoms with Gasteiger partial charge in [-0.15, -0.1) is 0 Å². The maximum atomic E-state index is 13.4. The van der Waals surface area contributed by atoms with Crippen LogP contribution in [-0.4, -0.2) is 31.9 Å². The number of hydrogen-bond acceptors (Lipinski definition) is 3. The summed E-state index contributed by atoms with van der Waals surface area (Å²) < 4.78 is 40.3. The van der Waals surface area contributed by atoms with E-state index in [9.17, 15) is 12.8 Å². The van der Waals surface area contributed by atoms with Gasteiger partial charge in [0.05, 0.1) is 11.4 Å². The molecule has 1 unspecified atom stereocenters. The van der Waals surface area contributed by atoms with E-state index < -0.39 is 15.8 Å². The van der Waals surface area contributed by atoms with Crippen molar-refractivity contribution in [3.05, 3.63) is 29.6 Å². The monoisotopic (exact) mass is 312 g/mol. The van der Waals surface area contributed by atoms with E-state index in [1.165, 1.54) is 10.4 Å². The van der Waals surface area contributed by atoms with E-state index in [0.29, 0.717) is 13.0 Å². The second-order valence-corrected chi connectivity index (χ2v) is 6.47. The maximum Gasteiger partial charge on any atom is 0.244 e. The summed E-state index contributed by atoms with van der Waals surface area (Å²) in [6, 6.07) is 3.38. The van der Waals surface area contributed by atoms with Crippen LogP contribution in [0, 0.1) is 17.7 Å². The van der Waals surface area contributed by atoms with Gasteiger partial charge in [-0.1, -0.05) is 25.7 Å². The molecule has 0 fully saturated rings. The summed E-state index contributed by atoms with van der Waals surface area (Å²) in [6.07, 6.45) is 0.693. The summed E-state index contributed by atoms with van der Waals surface area (Å²) in [6.45, 7) is 5.97. The lowest BCUT2D eigenvalue weighted by Gasteiger charge is -2.26. The SMILES string of the molecule is CCC(C)N(CC)S(=O)(=O)c1ccc(F)cc1C#CCN. The Morgan fingerprint density at radius 1 is 1.38 bits per heavy atom. The highest BCUT2D eigenvalue weighted by atomic mass is 32.2. The number of hydrogen-bond donors (Lipinski definition) is 1. The van der Waals surface area contributed by atoms with Gasteiger partial charge in [-0.2, -0.15) is 4.31 Å². The molecule has 1 rings (SSSR count). The Balaban J connectivity index is 3.43. The van der Waals surface area contributed by atoms with Gasteiger partial charge in [0.2, 0.25) is 10.0 Å². The molecule has 0 spiro atoms. The molecule has 2 N–H and O–H groups in total. The first-order valence-corrected chi connectivity index (χ1v) is 8.32. The summed E-state index contributed by atoms with van der Waals surface area (Å²) in [5.74, 6) is 4.68. The van der Waals surface area contributed by atoms with Gasteiger partial charge in [-0.3, -0.25) is 0 Å². The van der Waals surface area contributed by atoms with Crippen LogP contribution in [0.15, 0.2) is 23.1 Å². The van der Waals surface area contributed by atoms with Crippen molar-refractivity contribution >= 4 is 10.0 Å². The molecule has 1 aromatic carbocycles. The van der Waals surface area contributed by atoms with E-state index in [1.54, 1.807) is 6.92 Å². The van der Waals surface area contributed by atoms with E-state index in [4.69, 9.17) is 5.73 Å². The highest BCUT2D eigenvalue weighted by Crippen LogP contribution is 2.23. The lowest BCUT2D eigenvalue weighted by Crippen LogP contribution is -2.38. The number of sulfonamides is 1. The van der Waals surface area contributed by atoms with E-state index in [-0.39, 0.29) is 23.0 Å². The predicted octanol–water partition coefficient (Wildman–Crippen LogP) is 1.95. The second-order valence-electron chi connectivity index (χ2n) is 4.61. The first-order valence-electron chi connectivity index (χ1n) is 6.88. The molecule has 0 aliphatic heterocycles. The molecular weight excluding hydrogens is 291 g/mol. The minimum atomic E-state index is -3.72. The van der Waals surface area contributed by atoms with Crippen molar-refractivity contribution in [3.8, 4) is 11.8 Å². The molecule has 0 bridgehead atoms. The molecule has 0 aromatic heterocycles. The fourth-order valence-electron chi connectivity index (χ4n) is 2.02. The fourth-order valence-corrected chi connectivity index (χ4v) is 3.86. The molecule has 0 radical (unpaired) electrons. The smallest absolute Gasteiger partial charge is 0.244 e. The lowest BCUT2D eigenvalue weighted by molar-refractivity contribution is 0.342. The third kappa shape index (κ3) is 4.03. The van der Waals surface area contributed by atoms with Crippen molar-refractivity contribution in [3.63, 3.8) is 0 Å². The van der Waals surface area contributed by atoms with Gasteiger partial charge in [0, 0.05) is 18.2 Å². The zero-order valence-corrected chi connectivity index (χ0v) is 13.4. The van der Waals surface area contributed by atoms with Crippen LogP contribution >= 0.6 is 0 Å². The molecule has 0 aliphatic carbocycles. The molecule has 116 valence electrons. The fraction of sp³-hybridized carbons (Fsp3) is 0.467. The average Bonchev–Trinajstić information content (AvgIpc) is 2.45. The average molecular weight is 312 g/mol. The standard InChI is InChI=1S/C15H21FN2O2S/c1-4-12(3)18(5-2)21(19,20)15-9-8-14(16)11-13(15)7-6-10-17/h8-9,11-12H,4-5,10,17H2,1-3H3. The zero-order chi connectivity index (χ0) is 16.0. The van der Waals surface area contributed by atoms with Crippen LogP contribution in [-0.2, 0) is 10.0 Å². The van der Waals surface area contributed by atoms with Crippen molar-refractivity contribution < 1.29 is 12.8 Å². The lowest BCUT2D eigenvalue weighted by atomic mass is 10.2. The van der Waals surface area contributed by atoms with Crippen molar-refractivity contribution in [2.45, 2.75) is 38.1 Å². The van der Waals surface area contributed by atoms with Crippen LogP contribution in [0.5, 0.6) is 0 Å². The van der Waals surface area contributed by atoms with E-state index in [1.807, 2.05) is 13.8 Å². The van der Waals surface area contributed by atoms with E-state index in [0.717, 1.165) is 12.1 Å². The molecule has 1 aromatic rings. The summed E-state index contributed by atoms with van der Waals surface area (Å²) >= 11 is 0. The summed E-state index contributed by atoms with van der Waals surface area (Å²) in [7, 11) is -3.72. The number of rotatable bonds is 5. The minimum Gasteiger partial charge on any atom is -0.320 e. The van der Waals surface area contributed by atoms with Gasteiger partial charge >= 0.3 is 0 Å². The van der Waals surface area contributed by atoms with Gasteiger partial charge < -0.3 is 5.73 Å². The Kier molecular flexibility index (Phi) is 6.34. The van der Waals surface area contributed by atoms with Gasteiger partial charge in [0.25, 0.3) is 0 Å². The topological polar surface area (TPSA) is 63.4 Å². The molecule has 0 amide bonds. The highest BCUT2D eigenvalue weighted by Gasteiger charge is 2.28. The van der Waals surface area contributed by atoms with Crippen LogP contribution in [0.4, 0.5) is 4.39 Å². The van der Waals surface area contributed by atoms with Crippen LogP contribution in [0.1, 0.15) is 32.8 Å². The summed E-state index contributed by atoms with van der Waals surface area (Å²) in [5, 5.41) is 0. The van der Waals surface area contributed by atoms with Gasteiger partial charge in [-0.25, -0.2) is 12.8 Å². The Bertz CT molecular complexity index is 647. The second kappa shape index (κ2) is 7.55. The van der Waals surface area contributed by atoms with Gasteiger partial charge in [-0.05, 0) is 31.5 Å². The molecule has 0 saturated carbocycles. The number of nitrogens with two attached hydrogens (primary N) is 1. The molecule has 0 saturated heterocycles. The third-order valence-electron chi connectivity index (χ3n) is 3.25. The maximum absolute atomic E-state index is 13.4. The Hall–Kier alpha value is -1.42. The minimum absolute atomic E-state index is 0.0204. The molecule has 21 heavy (non-hydrogen) atoms. The van der Waals surface area contributed by atoms with Crippen LogP contribution in [0.2, 0.25) is 0 Å². The Morgan fingerprint density at radius 2 is 2.05 bits per heavy atom. The molecule has 4 nitrogen and oxygen atoms in total. The largest absolute Gasteiger partial charge is 0.320 e. The molecule has 1 atom stereocenters. The number of halogens is 1. The molecular formula is C15H21FN2O2S. The quantitative estimate of drug-likeness (QED) is 0.845. The summed E-state index contributed by atoms with van der Waals surface area (Å²) in [5.41, 5.74) is 5.44. The molecule has 6 heteroatoms. The third-order valence-corrected chi connectivity index (χ3v) is 5.39. The number of benzene rings is 1. The van der Waals surface area contributed by atoms with Crippen molar-refractivity contribution in [1.29, 1.82) is 0 Å². The molecule has 0 aliphatic rings. The van der Waals surface area contributed by atoms with E-state index >= 15 is 0 Å². The normalized spacial score (nSPS) is 12.9. The highest BCUT2D eigenvalue weighted by molar-refractivity contribution is 7.89. The van der Waals surface area contributed by atoms with Crippen molar-refractivity contribution in [2.24, 2.45) is 5.73 Å².